The van der Waals surface area contributed by atoms with Crippen molar-refractivity contribution in [3.8, 4) is 0 Å². The van der Waals surface area contributed by atoms with E-state index < -0.39 is 5.60 Å². The number of aryl methyl sites for hydroxylation is 1. The monoisotopic (exact) mass is 248 g/mol. The molecule has 1 fully saturated rings. The summed E-state index contributed by atoms with van der Waals surface area (Å²) in [7, 11) is 0. The fraction of sp³-hybridized carbons (Fsp3) is 0.533. The van der Waals surface area contributed by atoms with Gasteiger partial charge in [-0.05, 0) is 25.0 Å². The minimum Gasteiger partial charge on any atom is -0.459 e. The molecule has 98 valence electrons. The van der Waals surface area contributed by atoms with Crippen LogP contribution >= 0.6 is 0 Å². The molecular weight excluding hydrogens is 228 g/mol. The zero-order valence-corrected chi connectivity index (χ0v) is 11.2. The number of carbonyl (C=O) groups is 1. The van der Waals surface area contributed by atoms with Crippen molar-refractivity contribution < 1.29 is 14.3 Å². The summed E-state index contributed by atoms with van der Waals surface area (Å²) in [5.41, 5.74) is 2.00. The lowest BCUT2D eigenvalue weighted by Gasteiger charge is -2.38. The summed E-state index contributed by atoms with van der Waals surface area (Å²) in [5.74, 6) is -0.220. The van der Waals surface area contributed by atoms with E-state index in [-0.39, 0.29) is 12.1 Å². The Hall–Kier alpha value is -1.35. The van der Waals surface area contributed by atoms with Gasteiger partial charge in [0.05, 0.1) is 12.7 Å². The topological polar surface area (TPSA) is 35.5 Å². The fourth-order valence-electron chi connectivity index (χ4n) is 2.56. The van der Waals surface area contributed by atoms with Crippen LogP contribution in [0.3, 0.4) is 0 Å². The molecule has 0 amide bonds. The Bertz CT molecular complexity index is 441. The predicted octanol–water partition coefficient (Wildman–Crippen LogP) is 3.17. The largest absolute Gasteiger partial charge is 0.459 e. The highest BCUT2D eigenvalue weighted by molar-refractivity contribution is 5.66. The predicted molar refractivity (Wildman–Crippen MR) is 69.3 cm³/mol. The lowest BCUT2D eigenvalue weighted by atomic mass is 9.87. The molecule has 1 aliphatic rings. The molecule has 0 spiro atoms. The maximum atomic E-state index is 11.2. The second-order valence-electron chi connectivity index (χ2n) is 5.21. The summed E-state index contributed by atoms with van der Waals surface area (Å²) in [6, 6.07) is 8.20. The first-order valence-corrected chi connectivity index (χ1v) is 6.37. The molecule has 1 aliphatic heterocycles. The number of carbonyl (C=O) groups excluding carboxylic acids is 1. The quantitative estimate of drug-likeness (QED) is 0.754. The molecular formula is C15H20O3. The van der Waals surface area contributed by atoms with Gasteiger partial charge in [-0.1, -0.05) is 24.3 Å². The van der Waals surface area contributed by atoms with Gasteiger partial charge in [-0.15, -0.1) is 0 Å². The Morgan fingerprint density at radius 2 is 2.17 bits per heavy atom. The minimum absolute atomic E-state index is 0.0179. The molecule has 1 saturated heterocycles. The van der Waals surface area contributed by atoms with Gasteiger partial charge in [-0.2, -0.15) is 0 Å². The standard InChI is InChI=1S/C15H20O3/c1-11-6-4-5-7-13(11)14-10-15(3,8-9-17-14)18-12(2)16/h4-7,14H,8-10H2,1-3H3. The summed E-state index contributed by atoms with van der Waals surface area (Å²) in [6.07, 6.45) is 1.50. The van der Waals surface area contributed by atoms with Crippen LogP contribution in [0.4, 0.5) is 0 Å². The molecule has 0 aliphatic carbocycles. The van der Waals surface area contributed by atoms with Crippen molar-refractivity contribution in [3.05, 3.63) is 35.4 Å². The number of hydrogen-bond acceptors (Lipinski definition) is 3. The highest BCUT2D eigenvalue weighted by Crippen LogP contribution is 2.37. The Morgan fingerprint density at radius 1 is 1.44 bits per heavy atom. The van der Waals surface area contributed by atoms with Gasteiger partial charge < -0.3 is 9.47 Å². The van der Waals surface area contributed by atoms with Gasteiger partial charge in [0.1, 0.15) is 5.60 Å². The number of hydrogen-bond donors (Lipinski definition) is 0. The van der Waals surface area contributed by atoms with Crippen molar-refractivity contribution >= 4 is 5.97 Å². The molecule has 1 aromatic carbocycles. The highest BCUT2D eigenvalue weighted by Gasteiger charge is 2.36. The van der Waals surface area contributed by atoms with Gasteiger partial charge in [-0.3, -0.25) is 4.79 Å². The molecule has 0 saturated carbocycles. The molecule has 3 nitrogen and oxygen atoms in total. The van der Waals surface area contributed by atoms with Gasteiger partial charge in [0.15, 0.2) is 0 Å². The van der Waals surface area contributed by atoms with Crippen LogP contribution < -0.4 is 0 Å². The number of rotatable bonds is 2. The van der Waals surface area contributed by atoms with E-state index in [1.165, 1.54) is 18.1 Å². The SMILES string of the molecule is CC(=O)OC1(C)CCOC(c2ccccc2C)C1. The van der Waals surface area contributed by atoms with Crippen LogP contribution in [0.2, 0.25) is 0 Å². The van der Waals surface area contributed by atoms with Crippen LogP contribution in [0.25, 0.3) is 0 Å². The molecule has 1 aromatic rings. The van der Waals surface area contributed by atoms with E-state index in [0.717, 1.165) is 12.8 Å². The molecule has 2 atom stereocenters. The van der Waals surface area contributed by atoms with Crippen molar-refractivity contribution in [2.75, 3.05) is 6.61 Å². The van der Waals surface area contributed by atoms with E-state index >= 15 is 0 Å². The van der Waals surface area contributed by atoms with Gasteiger partial charge in [0.2, 0.25) is 0 Å². The Balaban J connectivity index is 2.16. The van der Waals surface area contributed by atoms with Crippen LogP contribution in [0.1, 0.15) is 43.9 Å². The van der Waals surface area contributed by atoms with Gasteiger partial charge in [0.25, 0.3) is 0 Å². The van der Waals surface area contributed by atoms with Crippen molar-refractivity contribution in [3.63, 3.8) is 0 Å². The summed E-state index contributed by atoms with van der Waals surface area (Å²) < 4.78 is 11.3. The van der Waals surface area contributed by atoms with E-state index in [2.05, 4.69) is 19.1 Å². The number of benzene rings is 1. The molecule has 0 radical (unpaired) electrons. The van der Waals surface area contributed by atoms with Crippen LogP contribution in [0, 0.1) is 6.92 Å². The lowest BCUT2D eigenvalue weighted by Crippen LogP contribution is -2.38. The first-order valence-electron chi connectivity index (χ1n) is 6.37. The van der Waals surface area contributed by atoms with Crippen LogP contribution in [-0.2, 0) is 14.3 Å². The van der Waals surface area contributed by atoms with Crippen molar-refractivity contribution in [1.29, 1.82) is 0 Å². The van der Waals surface area contributed by atoms with E-state index in [1.54, 1.807) is 0 Å². The summed E-state index contributed by atoms with van der Waals surface area (Å²) in [4.78, 5) is 11.2. The Kier molecular flexibility index (Phi) is 3.71. The summed E-state index contributed by atoms with van der Waals surface area (Å²) in [6.45, 7) is 6.16. The van der Waals surface area contributed by atoms with Crippen LogP contribution in [0.5, 0.6) is 0 Å². The van der Waals surface area contributed by atoms with Gasteiger partial charge in [0, 0.05) is 19.8 Å². The summed E-state index contributed by atoms with van der Waals surface area (Å²) >= 11 is 0. The third-order valence-corrected chi connectivity index (χ3v) is 3.49. The Morgan fingerprint density at radius 3 is 2.83 bits per heavy atom. The fourth-order valence-corrected chi connectivity index (χ4v) is 2.56. The normalized spacial score (nSPS) is 27.8. The lowest BCUT2D eigenvalue weighted by molar-refractivity contribution is -0.170. The second kappa shape index (κ2) is 5.11. The van der Waals surface area contributed by atoms with Gasteiger partial charge >= 0.3 is 5.97 Å². The Labute approximate surface area is 108 Å². The molecule has 0 N–H and O–H groups in total. The average molecular weight is 248 g/mol. The van der Waals surface area contributed by atoms with E-state index in [4.69, 9.17) is 9.47 Å². The number of ether oxygens (including phenoxy) is 2. The van der Waals surface area contributed by atoms with Crippen LogP contribution in [-0.4, -0.2) is 18.2 Å². The maximum absolute atomic E-state index is 11.2. The van der Waals surface area contributed by atoms with Gasteiger partial charge in [-0.25, -0.2) is 0 Å². The molecule has 2 rings (SSSR count). The van der Waals surface area contributed by atoms with E-state index in [9.17, 15) is 4.79 Å². The first kappa shape index (κ1) is 13.1. The third kappa shape index (κ3) is 2.91. The van der Waals surface area contributed by atoms with E-state index in [1.807, 2.05) is 19.1 Å². The summed E-state index contributed by atoms with van der Waals surface area (Å²) in [5, 5.41) is 0. The van der Waals surface area contributed by atoms with E-state index in [0.29, 0.717) is 6.61 Å². The third-order valence-electron chi connectivity index (χ3n) is 3.49. The van der Waals surface area contributed by atoms with Crippen molar-refractivity contribution in [1.82, 2.24) is 0 Å². The molecule has 18 heavy (non-hydrogen) atoms. The smallest absolute Gasteiger partial charge is 0.303 e. The van der Waals surface area contributed by atoms with Crippen molar-refractivity contribution in [2.45, 2.75) is 45.3 Å². The molecule has 1 heterocycles. The first-order chi connectivity index (χ1) is 8.50. The zero-order valence-electron chi connectivity index (χ0n) is 11.2. The number of esters is 1. The highest BCUT2D eigenvalue weighted by atomic mass is 16.6. The molecule has 0 aromatic heterocycles. The zero-order chi connectivity index (χ0) is 13.2. The minimum atomic E-state index is -0.406. The van der Waals surface area contributed by atoms with Crippen molar-refractivity contribution in [2.24, 2.45) is 0 Å². The molecule has 3 heteroatoms. The molecule has 0 bridgehead atoms. The second-order valence-corrected chi connectivity index (χ2v) is 5.21. The molecule has 2 unspecified atom stereocenters. The maximum Gasteiger partial charge on any atom is 0.303 e. The van der Waals surface area contributed by atoms with Crippen LogP contribution in [0.15, 0.2) is 24.3 Å². The average Bonchev–Trinajstić information content (AvgIpc) is 2.27.